The topological polar surface area (TPSA) is 9.23 Å². The van der Waals surface area contributed by atoms with Gasteiger partial charge in [-0.2, -0.15) is 0 Å². The van der Waals surface area contributed by atoms with Gasteiger partial charge in [0.25, 0.3) is 0 Å². The molecule has 0 aliphatic carbocycles. The van der Waals surface area contributed by atoms with Crippen molar-refractivity contribution in [1.82, 2.24) is 0 Å². The lowest BCUT2D eigenvalue weighted by Crippen LogP contribution is -1.99. The normalized spacial score (nSPS) is 15.4. The van der Waals surface area contributed by atoms with Gasteiger partial charge < -0.3 is 4.74 Å². The van der Waals surface area contributed by atoms with Gasteiger partial charge in [-0.15, -0.1) is 0 Å². The van der Waals surface area contributed by atoms with E-state index in [1.807, 2.05) is 0 Å². The minimum atomic E-state index is 0.697. The molecule has 1 heteroatoms. The fourth-order valence-corrected chi connectivity index (χ4v) is 2.29. The summed E-state index contributed by atoms with van der Waals surface area (Å²) in [6.07, 6.45) is 12.7. The Kier molecular flexibility index (Phi) is 11.6. The van der Waals surface area contributed by atoms with E-state index >= 15 is 0 Å². The van der Waals surface area contributed by atoms with Crippen molar-refractivity contribution in [3.63, 3.8) is 0 Å². The van der Waals surface area contributed by atoms with E-state index in [-0.39, 0.29) is 0 Å². The van der Waals surface area contributed by atoms with Gasteiger partial charge in [-0.1, -0.05) is 72.0 Å². The lowest BCUT2D eigenvalue weighted by atomic mass is 9.93. The highest BCUT2D eigenvalue weighted by Crippen LogP contribution is 2.19. The van der Waals surface area contributed by atoms with Gasteiger partial charge >= 0.3 is 0 Å². The van der Waals surface area contributed by atoms with Crippen molar-refractivity contribution >= 4 is 0 Å². The van der Waals surface area contributed by atoms with Crippen LogP contribution in [-0.4, -0.2) is 13.7 Å². The summed E-state index contributed by atoms with van der Waals surface area (Å²) in [5.41, 5.74) is 0. The van der Waals surface area contributed by atoms with Crippen LogP contribution in [0.5, 0.6) is 0 Å². The highest BCUT2D eigenvalue weighted by Gasteiger charge is 2.04. The summed E-state index contributed by atoms with van der Waals surface area (Å²) in [6.45, 7) is 10.1. The minimum Gasteiger partial charge on any atom is -0.381 e. The molecule has 0 heterocycles. The minimum absolute atomic E-state index is 0.697. The average Bonchev–Trinajstić information content (AvgIpc) is 2.29. The highest BCUT2D eigenvalue weighted by molar-refractivity contribution is 4.86. The van der Waals surface area contributed by atoms with Gasteiger partial charge in [-0.05, 0) is 24.2 Å². The number of methoxy groups -OCH3 is 1. The Morgan fingerprint density at radius 3 is 2.06 bits per heavy atom. The van der Waals surface area contributed by atoms with Crippen molar-refractivity contribution in [1.29, 1.82) is 0 Å². The van der Waals surface area contributed by atoms with Crippen LogP contribution in [0, 0.1) is 17.8 Å². The fraction of sp³-hybridized carbons (Fsp3) is 0.882. The molecule has 18 heavy (non-hydrogen) atoms. The number of hydrogen-bond donors (Lipinski definition) is 0. The molecule has 0 spiro atoms. The third kappa shape index (κ3) is 12.2. The molecule has 0 aromatic heterocycles. The Hall–Kier alpha value is -0.300. The van der Waals surface area contributed by atoms with Crippen molar-refractivity contribution in [2.75, 3.05) is 13.7 Å². The van der Waals surface area contributed by atoms with E-state index < -0.39 is 0 Å². The first kappa shape index (κ1) is 17.7. The van der Waals surface area contributed by atoms with Crippen molar-refractivity contribution in [3.05, 3.63) is 12.2 Å². The van der Waals surface area contributed by atoms with Crippen LogP contribution >= 0.6 is 0 Å². The summed E-state index contributed by atoms with van der Waals surface area (Å²) >= 11 is 0. The molecule has 0 fully saturated rings. The van der Waals surface area contributed by atoms with Gasteiger partial charge in [0.15, 0.2) is 0 Å². The average molecular weight is 254 g/mol. The zero-order chi connectivity index (χ0) is 13.8. The highest BCUT2D eigenvalue weighted by atomic mass is 16.5. The van der Waals surface area contributed by atoms with Crippen LogP contribution in [0.1, 0.15) is 66.2 Å². The molecule has 0 radical (unpaired) electrons. The second kappa shape index (κ2) is 11.8. The molecule has 0 saturated carbocycles. The summed E-state index contributed by atoms with van der Waals surface area (Å²) in [5, 5.41) is 0. The Bertz CT molecular complexity index is 196. The number of ether oxygens (including phenoxy) is 1. The van der Waals surface area contributed by atoms with Gasteiger partial charge in [0.2, 0.25) is 0 Å². The molecule has 1 nitrogen and oxygen atoms in total. The van der Waals surface area contributed by atoms with Gasteiger partial charge in [-0.3, -0.25) is 0 Å². The van der Waals surface area contributed by atoms with Crippen LogP contribution in [0.2, 0.25) is 0 Å². The second-order valence-corrected chi connectivity index (χ2v) is 6.22. The van der Waals surface area contributed by atoms with E-state index in [9.17, 15) is 0 Å². The van der Waals surface area contributed by atoms with Crippen molar-refractivity contribution in [2.45, 2.75) is 66.2 Å². The molecular weight excluding hydrogens is 220 g/mol. The van der Waals surface area contributed by atoms with Gasteiger partial charge in [0.05, 0.1) is 6.61 Å². The van der Waals surface area contributed by atoms with E-state index in [1.165, 1.54) is 38.5 Å². The van der Waals surface area contributed by atoms with E-state index in [0.29, 0.717) is 5.92 Å². The Labute approximate surface area is 115 Å². The Morgan fingerprint density at radius 1 is 0.889 bits per heavy atom. The third-order valence-electron chi connectivity index (χ3n) is 3.56. The summed E-state index contributed by atoms with van der Waals surface area (Å²) in [4.78, 5) is 0. The van der Waals surface area contributed by atoms with E-state index in [1.54, 1.807) is 7.11 Å². The summed E-state index contributed by atoms with van der Waals surface area (Å²) in [5.74, 6) is 2.46. The number of allylic oxidation sites excluding steroid dienone is 1. The molecule has 0 saturated heterocycles. The summed E-state index contributed by atoms with van der Waals surface area (Å²) in [6, 6.07) is 0. The molecule has 0 bridgehead atoms. The van der Waals surface area contributed by atoms with Crippen LogP contribution in [0.3, 0.4) is 0 Å². The van der Waals surface area contributed by atoms with Crippen molar-refractivity contribution < 1.29 is 4.74 Å². The lowest BCUT2D eigenvalue weighted by Gasteiger charge is -2.13. The predicted octanol–water partition coefficient (Wildman–Crippen LogP) is 5.46. The number of rotatable bonds is 11. The molecule has 0 amide bonds. The van der Waals surface area contributed by atoms with Gasteiger partial charge in [-0.25, -0.2) is 0 Å². The maximum atomic E-state index is 5.01. The molecular formula is C17H34O. The molecule has 0 aromatic carbocycles. The largest absolute Gasteiger partial charge is 0.381 e. The van der Waals surface area contributed by atoms with Crippen molar-refractivity contribution in [2.24, 2.45) is 17.8 Å². The maximum absolute atomic E-state index is 5.01. The predicted molar refractivity (Wildman–Crippen MR) is 81.9 cm³/mol. The summed E-state index contributed by atoms with van der Waals surface area (Å²) < 4.78 is 5.01. The van der Waals surface area contributed by atoms with Gasteiger partial charge in [0.1, 0.15) is 0 Å². The smallest absolute Gasteiger partial charge is 0.0643 e. The zero-order valence-corrected chi connectivity index (χ0v) is 13.2. The lowest BCUT2D eigenvalue weighted by molar-refractivity contribution is 0.233. The SMILES string of the molecule is COC/C=C/C(C)CCCC(C)CCCC(C)C. The van der Waals surface area contributed by atoms with Gasteiger partial charge in [0, 0.05) is 7.11 Å². The first-order valence-electron chi connectivity index (χ1n) is 7.71. The Balaban J connectivity index is 3.46. The standard InChI is InChI=1S/C17H34O/c1-15(2)9-6-10-16(3)11-7-12-17(4)13-8-14-18-5/h8,13,15-17H,6-7,9-12,14H2,1-5H3/b13-8+. The van der Waals surface area contributed by atoms with Crippen LogP contribution in [0.25, 0.3) is 0 Å². The molecule has 0 rings (SSSR count). The van der Waals surface area contributed by atoms with Crippen LogP contribution in [0.15, 0.2) is 12.2 Å². The van der Waals surface area contributed by atoms with E-state index in [4.69, 9.17) is 4.74 Å². The molecule has 108 valence electrons. The third-order valence-corrected chi connectivity index (χ3v) is 3.56. The number of hydrogen-bond acceptors (Lipinski definition) is 1. The molecule has 0 aliphatic rings. The monoisotopic (exact) mass is 254 g/mol. The molecule has 0 aliphatic heterocycles. The van der Waals surface area contributed by atoms with E-state index in [2.05, 4.69) is 39.8 Å². The maximum Gasteiger partial charge on any atom is 0.0643 e. The fourth-order valence-electron chi connectivity index (χ4n) is 2.29. The van der Waals surface area contributed by atoms with Crippen LogP contribution in [-0.2, 0) is 4.74 Å². The van der Waals surface area contributed by atoms with E-state index in [0.717, 1.165) is 18.4 Å². The first-order chi connectivity index (χ1) is 8.56. The zero-order valence-electron chi connectivity index (χ0n) is 13.2. The molecule has 2 atom stereocenters. The van der Waals surface area contributed by atoms with Crippen molar-refractivity contribution in [3.8, 4) is 0 Å². The molecule has 2 unspecified atom stereocenters. The summed E-state index contributed by atoms with van der Waals surface area (Å²) in [7, 11) is 1.74. The molecule has 0 aromatic rings. The first-order valence-corrected chi connectivity index (χ1v) is 7.71. The van der Waals surface area contributed by atoms with Crippen LogP contribution < -0.4 is 0 Å². The van der Waals surface area contributed by atoms with Crippen LogP contribution in [0.4, 0.5) is 0 Å². The Morgan fingerprint density at radius 2 is 1.50 bits per heavy atom. The quantitative estimate of drug-likeness (QED) is 0.445. The second-order valence-electron chi connectivity index (χ2n) is 6.22. The molecule has 0 N–H and O–H groups in total.